The Bertz CT molecular complexity index is 247. The number of carbonyl (C=O) groups excluding carboxylic acids is 1. The van der Waals surface area contributed by atoms with Crippen LogP contribution in [0.25, 0.3) is 0 Å². The van der Waals surface area contributed by atoms with Crippen LogP contribution in [0.15, 0.2) is 12.4 Å². The van der Waals surface area contributed by atoms with Gasteiger partial charge in [0.25, 0.3) is 0 Å². The Kier molecular flexibility index (Phi) is 3.90. The van der Waals surface area contributed by atoms with Gasteiger partial charge in [-0.25, -0.2) is 0 Å². The lowest BCUT2D eigenvalue weighted by Crippen LogP contribution is -2.30. The van der Waals surface area contributed by atoms with Gasteiger partial charge < -0.3 is 10.1 Å². The standard InChI is InChI=1S/C7H12N4O2/c1-13-6-7(12)8-2-4-11-5-3-9-10-11/h3,5H,2,4,6H2,1H3,(H,8,12). The highest BCUT2D eigenvalue weighted by molar-refractivity contribution is 5.77. The van der Waals surface area contributed by atoms with Gasteiger partial charge in [0, 0.05) is 19.9 Å². The number of carbonyl (C=O) groups is 1. The summed E-state index contributed by atoms with van der Waals surface area (Å²) in [6.45, 7) is 1.25. The highest BCUT2D eigenvalue weighted by Gasteiger charge is 1.98. The van der Waals surface area contributed by atoms with Gasteiger partial charge in [0.1, 0.15) is 6.61 Å². The van der Waals surface area contributed by atoms with E-state index in [-0.39, 0.29) is 12.5 Å². The lowest BCUT2D eigenvalue weighted by molar-refractivity contribution is -0.124. The van der Waals surface area contributed by atoms with Gasteiger partial charge >= 0.3 is 0 Å². The topological polar surface area (TPSA) is 69.0 Å². The lowest BCUT2D eigenvalue weighted by Gasteiger charge is -2.03. The molecule has 0 atom stereocenters. The zero-order valence-corrected chi connectivity index (χ0v) is 7.43. The van der Waals surface area contributed by atoms with Crippen molar-refractivity contribution in [2.24, 2.45) is 0 Å². The van der Waals surface area contributed by atoms with Crippen LogP contribution in [0.4, 0.5) is 0 Å². The molecule has 1 N–H and O–H groups in total. The average molecular weight is 184 g/mol. The molecule has 0 fully saturated rings. The molecular formula is C7H12N4O2. The second-order valence-electron chi connectivity index (χ2n) is 2.45. The zero-order chi connectivity index (χ0) is 9.52. The van der Waals surface area contributed by atoms with E-state index in [1.54, 1.807) is 17.1 Å². The summed E-state index contributed by atoms with van der Waals surface area (Å²) in [5.74, 6) is -0.123. The Morgan fingerprint density at radius 2 is 2.54 bits per heavy atom. The Morgan fingerprint density at radius 3 is 3.15 bits per heavy atom. The Hall–Kier alpha value is -1.43. The fourth-order valence-corrected chi connectivity index (χ4v) is 0.844. The molecule has 0 aliphatic rings. The van der Waals surface area contributed by atoms with Gasteiger partial charge in [-0.05, 0) is 0 Å². The van der Waals surface area contributed by atoms with Crippen LogP contribution in [0.5, 0.6) is 0 Å². The van der Waals surface area contributed by atoms with Gasteiger partial charge in [-0.2, -0.15) is 0 Å². The first-order valence-corrected chi connectivity index (χ1v) is 3.92. The van der Waals surface area contributed by atoms with Gasteiger partial charge in [0.05, 0.1) is 12.7 Å². The van der Waals surface area contributed by atoms with E-state index in [1.807, 2.05) is 0 Å². The van der Waals surface area contributed by atoms with Gasteiger partial charge in [0.2, 0.25) is 5.91 Å². The van der Waals surface area contributed by atoms with E-state index in [9.17, 15) is 4.79 Å². The molecule has 0 saturated heterocycles. The number of amides is 1. The summed E-state index contributed by atoms with van der Waals surface area (Å²) in [4.78, 5) is 10.9. The van der Waals surface area contributed by atoms with E-state index >= 15 is 0 Å². The van der Waals surface area contributed by atoms with Gasteiger partial charge in [0.15, 0.2) is 0 Å². The molecule has 0 spiro atoms. The molecule has 0 saturated carbocycles. The molecule has 0 unspecified atom stereocenters. The molecule has 1 aromatic rings. The third kappa shape index (κ3) is 3.66. The summed E-state index contributed by atoms with van der Waals surface area (Å²) < 4.78 is 6.29. The van der Waals surface area contributed by atoms with E-state index in [2.05, 4.69) is 20.4 Å². The summed E-state index contributed by atoms with van der Waals surface area (Å²) in [5.41, 5.74) is 0. The van der Waals surface area contributed by atoms with Crippen molar-refractivity contribution < 1.29 is 9.53 Å². The average Bonchev–Trinajstić information content (AvgIpc) is 2.57. The molecule has 0 aromatic carbocycles. The summed E-state index contributed by atoms with van der Waals surface area (Å²) in [6.07, 6.45) is 3.33. The smallest absolute Gasteiger partial charge is 0.246 e. The van der Waals surface area contributed by atoms with Gasteiger partial charge in [-0.3, -0.25) is 9.48 Å². The van der Waals surface area contributed by atoms with Crippen molar-refractivity contribution in [2.75, 3.05) is 20.3 Å². The highest BCUT2D eigenvalue weighted by Crippen LogP contribution is 1.78. The minimum absolute atomic E-state index is 0.0946. The normalized spacial score (nSPS) is 9.92. The molecule has 1 rings (SSSR count). The van der Waals surface area contributed by atoms with Crippen molar-refractivity contribution >= 4 is 5.91 Å². The maximum Gasteiger partial charge on any atom is 0.246 e. The van der Waals surface area contributed by atoms with Crippen molar-refractivity contribution in [1.29, 1.82) is 0 Å². The van der Waals surface area contributed by atoms with E-state index in [1.165, 1.54) is 7.11 Å². The molecule has 0 radical (unpaired) electrons. The second kappa shape index (κ2) is 5.26. The lowest BCUT2D eigenvalue weighted by atomic mass is 10.5. The molecule has 72 valence electrons. The minimum Gasteiger partial charge on any atom is -0.375 e. The summed E-state index contributed by atoms with van der Waals surface area (Å²) in [5, 5.41) is 10.0. The summed E-state index contributed by atoms with van der Waals surface area (Å²) >= 11 is 0. The number of ether oxygens (including phenoxy) is 1. The Morgan fingerprint density at radius 1 is 1.69 bits per heavy atom. The van der Waals surface area contributed by atoms with E-state index in [0.717, 1.165) is 0 Å². The van der Waals surface area contributed by atoms with Crippen LogP contribution in [0.2, 0.25) is 0 Å². The highest BCUT2D eigenvalue weighted by atomic mass is 16.5. The fourth-order valence-electron chi connectivity index (χ4n) is 0.844. The minimum atomic E-state index is -0.123. The molecular weight excluding hydrogens is 172 g/mol. The van der Waals surface area contributed by atoms with Crippen LogP contribution in [-0.4, -0.2) is 41.2 Å². The van der Waals surface area contributed by atoms with Crippen molar-refractivity contribution in [3.8, 4) is 0 Å². The maximum absolute atomic E-state index is 10.9. The number of hydrogen-bond acceptors (Lipinski definition) is 4. The first-order chi connectivity index (χ1) is 6.33. The molecule has 0 bridgehead atoms. The van der Waals surface area contributed by atoms with Crippen molar-refractivity contribution in [2.45, 2.75) is 6.54 Å². The number of hydrogen-bond donors (Lipinski definition) is 1. The molecule has 6 nitrogen and oxygen atoms in total. The van der Waals surface area contributed by atoms with E-state index < -0.39 is 0 Å². The number of nitrogens with zero attached hydrogens (tertiary/aromatic N) is 3. The first-order valence-electron chi connectivity index (χ1n) is 3.92. The second-order valence-corrected chi connectivity index (χ2v) is 2.45. The quantitative estimate of drug-likeness (QED) is 0.640. The third-order valence-electron chi connectivity index (χ3n) is 1.41. The largest absolute Gasteiger partial charge is 0.375 e. The van der Waals surface area contributed by atoms with Crippen molar-refractivity contribution in [3.63, 3.8) is 0 Å². The first kappa shape index (κ1) is 9.66. The van der Waals surface area contributed by atoms with Crippen LogP contribution >= 0.6 is 0 Å². The molecule has 6 heteroatoms. The number of aromatic nitrogens is 3. The molecule has 0 aliphatic carbocycles. The van der Waals surface area contributed by atoms with Crippen molar-refractivity contribution in [3.05, 3.63) is 12.4 Å². The van der Waals surface area contributed by atoms with E-state index in [0.29, 0.717) is 13.1 Å². The molecule has 13 heavy (non-hydrogen) atoms. The molecule has 0 aliphatic heterocycles. The van der Waals surface area contributed by atoms with Crippen LogP contribution in [0.1, 0.15) is 0 Å². The maximum atomic E-state index is 10.9. The molecule has 1 aromatic heterocycles. The predicted molar refractivity (Wildman–Crippen MR) is 44.9 cm³/mol. The summed E-state index contributed by atoms with van der Waals surface area (Å²) in [6, 6.07) is 0. The van der Waals surface area contributed by atoms with Crippen molar-refractivity contribution in [1.82, 2.24) is 20.3 Å². The fraction of sp³-hybridized carbons (Fsp3) is 0.571. The van der Waals surface area contributed by atoms with Crippen LogP contribution in [0, 0.1) is 0 Å². The van der Waals surface area contributed by atoms with Crippen LogP contribution < -0.4 is 5.32 Å². The van der Waals surface area contributed by atoms with Gasteiger partial charge in [-0.15, -0.1) is 5.10 Å². The van der Waals surface area contributed by atoms with Crippen LogP contribution in [-0.2, 0) is 16.1 Å². The molecule has 1 heterocycles. The molecule has 1 amide bonds. The Labute approximate surface area is 75.9 Å². The number of rotatable bonds is 5. The Balaban J connectivity index is 2.11. The van der Waals surface area contributed by atoms with Crippen LogP contribution in [0.3, 0.4) is 0 Å². The third-order valence-corrected chi connectivity index (χ3v) is 1.41. The number of nitrogens with one attached hydrogen (secondary N) is 1. The van der Waals surface area contributed by atoms with Gasteiger partial charge in [-0.1, -0.05) is 5.21 Å². The SMILES string of the molecule is COCC(=O)NCCn1ccnn1. The summed E-state index contributed by atoms with van der Waals surface area (Å²) in [7, 11) is 1.48. The zero-order valence-electron chi connectivity index (χ0n) is 7.43. The van der Waals surface area contributed by atoms with E-state index in [4.69, 9.17) is 0 Å². The monoisotopic (exact) mass is 184 g/mol. The number of methoxy groups -OCH3 is 1. The predicted octanol–water partition coefficient (Wildman–Crippen LogP) is -0.959.